The third kappa shape index (κ3) is 6.11. The molecule has 0 unspecified atom stereocenters. The Morgan fingerprint density at radius 2 is 1.82 bits per heavy atom. The van der Waals surface area contributed by atoms with Crippen molar-refractivity contribution in [2.75, 3.05) is 18.5 Å². The maximum Gasteiger partial charge on any atom is 0.282 e. The van der Waals surface area contributed by atoms with E-state index in [2.05, 4.69) is 26.3 Å². The van der Waals surface area contributed by atoms with E-state index in [1.165, 1.54) is 10.9 Å². The Kier molecular flexibility index (Phi) is 8.25. The van der Waals surface area contributed by atoms with Crippen LogP contribution in [0.1, 0.15) is 18.1 Å². The third-order valence-electron chi connectivity index (χ3n) is 6.82. The first-order chi connectivity index (χ1) is 21.4. The van der Waals surface area contributed by atoms with E-state index in [0.717, 1.165) is 21.1 Å². The van der Waals surface area contributed by atoms with Gasteiger partial charge in [0.2, 0.25) is 5.82 Å². The maximum absolute atomic E-state index is 13.6. The minimum absolute atomic E-state index is 0.197. The standard InChI is InChI=1S/C34H27BrN4O5/c1-3-42-30-16-22(12-14-29(30)43-20-32(40)37-26-10-6-4-8-21(26)2)19-36-39-33(38-27-11-7-5-9-25(27)34(39)41)31-18-23-17-24(35)13-15-28(23)44-31/h4-19H,3,20H2,1-2H3,(H,37,40). The fourth-order valence-electron chi connectivity index (χ4n) is 4.67. The molecular weight excluding hydrogens is 624 g/mol. The summed E-state index contributed by atoms with van der Waals surface area (Å²) in [5.41, 5.74) is 3.18. The van der Waals surface area contributed by atoms with Crippen LogP contribution in [0.5, 0.6) is 11.5 Å². The molecule has 0 saturated heterocycles. The van der Waals surface area contributed by atoms with E-state index in [9.17, 15) is 9.59 Å². The van der Waals surface area contributed by atoms with Gasteiger partial charge in [-0.2, -0.15) is 9.78 Å². The van der Waals surface area contributed by atoms with Gasteiger partial charge in [-0.15, -0.1) is 0 Å². The van der Waals surface area contributed by atoms with E-state index < -0.39 is 0 Å². The largest absolute Gasteiger partial charge is 0.490 e. The van der Waals surface area contributed by atoms with Gasteiger partial charge in [0.25, 0.3) is 11.5 Å². The molecule has 0 aliphatic carbocycles. The highest BCUT2D eigenvalue weighted by atomic mass is 79.9. The van der Waals surface area contributed by atoms with Crippen LogP contribution >= 0.6 is 15.9 Å². The lowest BCUT2D eigenvalue weighted by Crippen LogP contribution is -2.21. The molecule has 0 atom stereocenters. The van der Waals surface area contributed by atoms with Gasteiger partial charge in [-0.3, -0.25) is 9.59 Å². The van der Waals surface area contributed by atoms with Crippen molar-refractivity contribution in [1.29, 1.82) is 0 Å². The van der Waals surface area contributed by atoms with Gasteiger partial charge in [-0.05, 0) is 85.6 Å². The molecule has 220 valence electrons. The van der Waals surface area contributed by atoms with Gasteiger partial charge in [0.15, 0.2) is 23.9 Å². The van der Waals surface area contributed by atoms with Crippen molar-refractivity contribution in [1.82, 2.24) is 9.66 Å². The van der Waals surface area contributed by atoms with Gasteiger partial charge in [0.05, 0.1) is 23.7 Å². The molecule has 0 aliphatic rings. The molecular formula is C34H27BrN4O5. The molecule has 44 heavy (non-hydrogen) atoms. The third-order valence-corrected chi connectivity index (χ3v) is 7.31. The number of ether oxygens (including phenoxy) is 2. The Balaban J connectivity index is 1.30. The average molecular weight is 652 g/mol. The molecule has 0 bridgehead atoms. The molecule has 9 nitrogen and oxygen atoms in total. The van der Waals surface area contributed by atoms with Gasteiger partial charge in [0, 0.05) is 15.5 Å². The number of carbonyl (C=O) groups is 1. The number of aromatic nitrogens is 2. The molecule has 2 aromatic heterocycles. The number of carbonyl (C=O) groups excluding carboxylic acids is 1. The number of rotatable bonds is 9. The van der Waals surface area contributed by atoms with Crippen molar-refractivity contribution < 1.29 is 18.7 Å². The second-order valence-electron chi connectivity index (χ2n) is 9.90. The second-order valence-corrected chi connectivity index (χ2v) is 10.8. The van der Waals surface area contributed by atoms with Gasteiger partial charge >= 0.3 is 0 Å². The van der Waals surface area contributed by atoms with Crippen LogP contribution in [0.2, 0.25) is 0 Å². The number of hydrogen-bond acceptors (Lipinski definition) is 7. The first kappa shape index (κ1) is 28.9. The number of fused-ring (bicyclic) bond motifs is 2. The Bertz CT molecular complexity index is 2100. The minimum Gasteiger partial charge on any atom is -0.490 e. The fourth-order valence-corrected chi connectivity index (χ4v) is 5.05. The number of nitrogens with one attached hydrogen (secondary N) is 1. The van der Waals surface area contributed by atoms with Gasteiger partial charge in [0.1, 0.15) is 5.58 Å². The summed E-state index contributed by atoms with van der Waals surface area (Å²) in [6.45, 7) is 3.96. The number of furan rings is 1. The summed E-state index contributed by atoms with van der Waals surface area (Å²) in [5.74, 6) is 1.22. The van der Waals surface area contributed by atoms with E-state index in [1.807, 2.05) is 68.4 Å². The lowest BCUT2D eigenvalue weighted by Gasteiger charge is -2.13. The number of amides is 1. The quantitative estimate of drug-likeness (QED) is 0.166. The van der Waals surface area contributed by atoms with Gasteiger partial charge in [-0.25, -0.2) is 4.98 Å². The molecule has 0 radical (unpaired) electrons. The zero-order valence-corrected chi connectivity index (χ0v) is 25.5. The summed E-state index contributed by atoms with van der Waals surface area (Å²) in [4.78, 5) is 30.9. The van der Waals surface area contributed by atoms with Crippen LogP contribution in [0.15, 0.2) is 110 Å². The van der Waals surface area contributed by atoms with Crippen molar-refractivity contribution in [3.8, 4) is 23.1 Å². The number of aryl methyl sites for hydroxylation is 1. The first-order valence-corrected chi connectivity index (χ1v) is 14.7. The average Bonchev–Trinajstić information content (AvgIpc) is 3.44. The van der Waals surface area contributed by atoms with Crippen molar-refractivity contribution >= 4 is 55.6 Å². The zero-order chi connectivity index (χ0) is 30.6. The molecule has 0 saturated carbocycles. The monoisotopic (exact) mass is 650 g/mol. The summed E-state index contributed by atoms with van der Waals surface area (Å²) in [6, 6.07) is 27.3. The maximum atomic E-state index is 13.6. The van der Waals surface area contributed by atoms with Crippen LogP contribution in [-0.4, -0.2) is 35.0 Å². The van der Waals surface area contributed by atoms with Crippen LogP contribution in [0.3, 0.4) is 0 Å². The summed E-state index contributed by atoms with van der Waals surface area (Å²) in [7, 11) is 0. The van der Waals surface area contributed by atoms with Crippen molar-refractivity contribution in [3.63, 3.8) is 0 Å². The Labute approximate surface area is 260 Å². The zero-order valence-electron chi connectivity index (χ0n) is 23.9. The minimum atomic E-state index is -0.340. The predicted molar refractivity (Wildman–Crippen MR) is 175 cm³/mol. The van der Waals surface area contributed by atoms with E-state index in [4.69, 9.17) is 18.9 Å². The summed E-state index contributed by atoms with van der Waals surface area (Å²) < 4.78 is 19.8. The molecule has 4 aromatic carbocycles. The molecule has 6 aromatic rings. The molecule has 10 heteroatoms. The van der Waals surface area contributed by atoms with E-state index in [-0.39, 0.29) is 23.9 Å². The van der Waals surface area contributed by atoms with Crippen LogP contribution in [0.4, 0.5) is 5.69 Å². The summed E-state index contributed by atoms with van der Waals surface area (Å²) >= 11 is 3.49. The molecule has 2 heterocycles. The van der Waals surface area contributed by atoms with E-state index in [0.29, 0.717) is 45.9 Å². The number of para-hydroxylation sites is 2. The highest BCUT2D eigenvalue weighted by molar-refractivity contribution is 9.10. The topological polar surface area (TPSA) is 108 Å². The highest BCUT2D eigenvalue weighted by Crippen LogP contribution is 2.30. The Hall–Kier alpha value is -5.22. The molecule has 6 rings (SSSR count). The van der Waals surface area contributed by atoms with E-state index >= 15 is 0 Å². The highest BCUT2D eigenvalue weighted by Gasteiger charge is 2.17. The number of benzene rings is 4. The number of hydrogen-bond donors (Lipinski definition) is 1. The van der Waals surface area contributed by atoms with Crippen molar-refractivity contribution in [2.24, 2.45) is 5.10 Å². The molecule has 1 N–H and O–H groups in total. The lowest BCUT2D eigenvalue weighted by molar-refractivity contribution is -0.118. The van der Waals surface area contributed by atoms with Gasteiger partial charge in [-0.1, -0.05) is 46.3 Å². The second kappa shape index (κ2) is 12.6. The Morgan fingerprint density at radius 3 is 2.66 bits per heavy atom. The first-order valence-electron chi connectivity index (χ1n) is 13.9. The Morgan fingerprint density at radius 1 is 1.00 bits per heavy atom. The number of nitrogens with zero attached hydrogens (tertiary/aromatic N) is 3. The summed E-state index contributed by atoms with van der Waals surface area (Å²) in [6.07, 6.45) is 1.54. The smallest absolute Gasteiger partial charge is 0.282 e. The fraction of sp³-hybridized carbons (Fsp3) is 0.118. The van der Waals surface area contributed by atoms with Crippen LogP contribution in [0, 0.1) is 6.92 Å². The van der Waals surface area contributed by atoms with Crippen LogP contribution < -0.4 is 20.3 Å². The van der Waals surface area contributed by atoms with Gasteiger partial charge < -0.3 is 19.2 Å². The van der Waals surface area contributed by atoms with Crippen LogP contribution in [0.25, 0.3) is 33.5 Å². The predicted octanol–water partition coefficient (Wildman–Crippen LogP) is 7.18. The molecule has 0 spiro atoms. The number of anilines is 1. The van der Waals surface area contributed by atoms with Crippen LogP contribution in [-0.2, 0) is 4.79 Å². The van der Waals surface area contributed by atoms with E-state index in [1.54, 1.807) is 36.4 Å². The SMILES string of the molecule is CCOc1cc(C=Nn2c(-c3cc4cc(Br)ccc4o3)nc3ccccc3c2=O)ccc1OCC(=O)Nc1ccccc1C. The molecule has 0 fully saturated rings. The molecule has 0 aliphatic heterocycles. The normalized spacial score (nSPS) is 11.3. The van der Waals surface area contributed by atoms with Crippen molar-refractivity contribution in [3.05, 3.63) is 117 Å². The number of halogens is 1. The van der Waals surface area contributed by atoms with Crippen molar-refractivity contribution in [2.45, 2.75) is 13.8 Å². The molecule has 1 amide bonds. The summed E-state index contributed by atoms with van der Waals surface area (Å²) in [5, 5.41) is 8.68. The lowest BCUT2D eigenvalue weighted by atomic mass is 10.2.